The Kier molecular flexibility index (Phi) is 38.2. The second-order valence-corrected chi connectivity index (χ2v) is 15.0. The van der Waals surface area contributed by atoms with Gasteiger partial charge < -0.3 is 37.2 Å². The van der Waals surface area contributed by atoms with Gasteiger partial charge in [0.15, 0.2) is 10.2 Å². The molecule has 0 aromatic rings. The number of carbonyl (C=O) groups excluding carboxylic acids is 2. The van der Waals surface area contributed by atoms with E-state index in [2.05, 4.69) is 40.4 Å². The number of nitrogens with one attached hydrogen (secondary N) is 5. The number of carbonyl (C=O) groups is 2. The summed E-state index contributed by atoms with van der Waals surface area (Å²) in [5.41, 5.74) is 5.46. The minimum absolute atomic E-state index is 0.0950. The molecular formula is C40H81N7O2S2. The first-order valence-electron chi connectivity index (χ1n) is 21.2. The molecule has 2 amide bonds. The van der Waals surface area contributed by atoms with Crippen LogP contribution in [0.3, 0.4) is 0 Å². The fourth-order valence-electron chi connectivity index (χ4n) is 6.16. The minimum Gasteiger partial charge on any atom is -0.361 e. The standard InChI is InChI=1S/C40H81N7O2S2/c1-3-5-7-9-11-13-15-17-19-21-23-25-35-47(36-26-24-22-20-18-16-14-12-10-8-6-4-2)38(49)28-27-37(48)42-31-32-44-40(51)46-34-33-45-39(50)43-30-29-41/h3-36,41H2,1-2H3,(H,42,48)(H2,43,45,50)(H2,44,46,51). The zero-order valence-corrected chi connectivity index (χ0v) is 34.8. The van der Waals surface area contributed by atoms with Gasteiger partial charge in [-0.25, -0.2) is 0 Å². The average Bonchev–Trinajstić information content (AvgIpc) is 3.13. The Morgan fingerprint density at radius 3 is 1.12 bits per heavy atom. The van der Waals surface area contributed by atoms with Gasteiger partial charge in [0, 0.05) is 65.2 Å². The van der Waals surface area contributed by atoms with Gasteiger partial charge in [0.05, 0.1) is 0 Å². The van der Waals surface area contributed by atoms with Gasteiger partial charge >= 0.3 is 0 Å². The van der Waals surface area contributed by atoms with E-state index >= 15 is 0 Å². The summed E-state index contributed by atoms with van der Waals surface area (Å²) in [6.07, 6.45) is 32.0. The molecule has 300 valence electrons. The fraction of sp³-hybridized carbons (Fsp3) is 0.900. The van der Waals surface area contributed by atoms with E-state index in [-0.39, 0.29) is 24.7 Å². The molecule has 0 unspecified atom stereocenters. The Labute approximate surface area is 325 Å². The maximum absolute atomic E-state index is 13.2. The number of nitrogens with two attached hydrogens (primary N) is 1. The summed E-state index contributed by atoms with van der Waals surface area (Å²) in [7, 11) is 0. The molecule has 0 aliphatic rings. The van der Waals surface area contributed by atoms with E-state index < -0.39 is 0 Å². The second kappa shape index (κ2) is 39.5. The smallest absolute Gasteiger partial charge is 0.223 e. The number of unbranched alkanes of at least 4 members (excludes halogenated alkanes) is 22. The first-order chi connectivity index (χ1) is 24.9. The largest absolute Gasteiger partial charge is 0.361 e. The van der Waals surface area contributed by atoms with E-state index in [9.17, 15) is 9.59 Å². The van der Waals surface area contributed by atoms with Crippen LogP contribution in [0, 0.1) is 0 Å². The van der Waals surface area contributed by atoms with Gasteiger partial charge in [-0.1, -0.05) is 155 Å². The number of nitrogens with zero attached hydrogens (tertiary/aromatic N) is 1. The molecule has 0 spiro atoms. The van der Waals surface area contributed by atoms with Crippen molar-refractivity contribution in [2.75, 3.05) is 52.4 Å². The van der Waals surface area contributed by atoms with E-state index in [1.807, 2.05) is 4.90 Å². The van der Waals surface area contributed by atoms with Gasteiger partial charge in [0.2, 0.25) is 11.8 Å². The highest BCUT2D eigenvalue weighted by atomic mass is 32.1. The van der Waals surface area contributed by atoms with Crippen LogP contribution in [-0.2, 0) is 9.59 Å². The summed E-state index contributed by atoms with van der Waals surface area (Å²) in [6, 6.07) is 0. The first-order valence-corrected chi connectivity index (χ1v) is 22.0. The van der Waals surface area contributed by atoms with Crippen LogP contribution >= 0.6 is 24.4 Å². The molecule has 11 heteroatoms. The summed E-state index contributed by atoms with van der Waals surface area (Å²) in [4.78, 5) is 27.8. The number of hydrogen-bond donors (Lipinski definition) is 6. The normalized spacial score (nSPS) is 10.9. The van der Waals surface area contributed by atoms with E-state index in [0.29, 0.717) is 49.5 Å². The van der Waals surface area contributed by atoms with Crippen LogP contribution in [0.15, 0.2) is 0 Å². The topological polar surface area (TPSA) is 124 Å². The second-order valence-electron chi connectivity index (χ2n) is 14.2. The van der Waals surface area contributed by atoms with Crippen molar-refractivity contribution in [2.24, 2.45) is 5.73 Å². The molecule has 0 fully saturated rings. The third kappa shape index (κ3) is 36.4. The molecule has 0 rings (SSSR count). The predicted octanol–water partition coefficient (Wildman–Crippen LogP) is 8.00. The predicted molar refractivity (Wildman–Crippen MR) is 227 cm³/mol. The molecule has 51 heavy (non-hydrogen) atoms. The highest BCUT2D eigenvalue weighted by molar-refractivity contribution is 7.80. The van der Waals surface area contributed by atoms with Gasteiger partial charge in [0.25, 0.3) is 0 Å². The van der Waals surface area contributed by atoms with Gasteiger partial charge in [-0.3, -0.25) is 9.59 Å². The SMILES string of the molecule is CCCCCCCCCCCCCCN(CCCCCCCCCCCCCC)C(=O)CCC(=O)NCCNC(=S)NCCNC(=S)NCCN. The third-order valence-corrected chi connectivity index (χ3v) is 9.92. The maximum atomic E-state index is 13.2. The van der Waals surface area contributed by atoms with Crippen molar-refractivity contribution in [2.45, 2.75) is 181 Å². The Balaban J connectivity index is 4.30. The fourth-order valence-corrected chi connectivity index (χ4v) is 6.56. The molecule has 0 radical (unpaired) electrons. The van der Waals surface area contributed by atoms with Crippen LogP contribution in [0.5, 0.6) is 0 Å². The van der Waals surface area contributed by atoms with Crippen LogP contribution in [0.25, 0.3) is 0 Å². The lowest BCUT2D eigenvalue weighted by Crippen LogP contribution is -2.44. The van der Waals surface area contributed by atoms with Crippen molar-refractivity contribution in [3.63, 3.8) is 0 Å². The van der Waals surface area contributed by atoms with Crippen molar-refractivity contribution < 1.29 is 9.59 Å². The summed E-state index contributed by atoms with van der Waals surface area (Å²) in [6.45, 7) is 9.53. The summed E-state index contributed by atoms with van der Waals surface area (Å²) >= 11 is 10.5. The van der Waals surface area contributed by atoms with E-state index in [4.69, 9.17) is 30.2 Å². The molecule has 0 aromatic carbocycles. The van der Waals surface area contributed by atoms with E-state index in [0.717, 1.165) is 25.9 Å². The molecule has 0 aliphatic carbocycles. The third-order valence-electron chi connectivity index (χ3n) is 9.34. The molecule has 9 nitrogen and oxygen atoms in total. The van der Waals surface area contributed by atoms with Gasteiger partial charge in [-0.2, -0.15) is 0 Å². The van der Waals surface area contributed by atoms with Crippen LogP contribution in [-0.4, -0.2) is 79.3 Å². The van der Waals surface area contributed by atoms with E-state index in [1.54, 1.807) is 0 Å². The van der Waals surface area contributed by atoms with Gasteiger partial charge in [-0.05, 0) is 37.3 Å². The van der Waals surface area contributed by atoms with Crippen LogP contribution < -0.4 is 32.3 Å². The summed E-state index contributed by atoms with van der Waals surface area (Å²) in [5, 5.41) is 16.3. The molecular weight excluding hydrogens is 675 g/mol. The Morgan fingerprint density at radius 1 is 0.451 bits per heavy atom. The maximum Gasteiger partial charge on any atom is 0.223 e. The molecule has 0 saturated heterocycles. The molecule has 0 atom stereocenters. The lowest BCUT2D eigenvalue weighted by molar-refractivity contribution is -0.133. The minimum atomic E-state index is -0.0950. The summed E-state index contributed by atoms with van der Waals surface area (Å²) in [5.74, 6) is 0.0218. The van der Waals surface area contributed by atoms with Crippen molar-refractivity contribution in [3.8, 4) is 0 Å². The molecule has 0 bridgehead atoms. The monoisotopic (exact) mass is 756 g/mol. The Morgan fingerprint density at radius 2 is 0.765 bits per heavy atom. The quantitative estimate of drug-likeness (QED) is 0.0277. The number of thiocarbonyl (C=S) groups is 2. The van der Waals surface area contributed by atoms with Crippen molar-refractivity contribution in [1.82, 2.24) is 31.5 Å². The van der Waals surface area contributed by atoms with Crippen molar-refractivity contribution in [1.29, 1.82) is 0 Å². The zero-order chi connectivity index (χ0) is 37.5. The van der Waals surface area contributed by atoms with E-state index in [1.165, 1.54) is 141 Å². The zero-order valence-electron chi connectivity index (χ0n) is 33.2. The molecule has 0 aromatic heterocycles. The molecule has 0 saturated carbocycles. The lowest BCUT2D eigenvalue weighted by Gasteiger charge is -2.23. The van der Waals surface area contributed by atoms with Gasteiger partial charge in [-0.15, -0.1) is 0 Å². The number of hydrogen-bond acceptors (Lipinski definition) is 5. The highest BCUT2D eigenvalue weighted by Crippen LogP contribution is 2.14. The van der Waals surface area contributed by atoms with Crippen molar-refractivity contribution >= 4 is 46.5 Å². The van der Waals surface area contributed by atoms with Crippen LogP contribution in [0.2, 0.25) is 0 Å². The number of rotatable bonds is 37. The van der Waals surface area contributed by atoms with Gasteiger partial charge in [0.1, 0.15) is 0 Å². The lowest BCUT2D eigenvalue weighted by atomic mass is 10.0. The van der Waals surface area contributed by atoms with Crippen LogP contribution in [0.4, 0.5) is 0 Å². The van der Waals surface area contributed by atoms with Crippen molar-refractivity contribution in [3.05, 3.63) is 0 Å². The highest BCUT2D eigenvalue weighted by Gasteiger charge is 2.15. The Bertz CT molecular complexity index is 807. The van der Waals surface area contributed by atoms with Crippen LogP contribution in [0.1, 0.15) is 181 Å². The first kappa shape index (κ1) is 49.3. The average molecular weight is 756 g/mol. The molecule has 0 heterocycles. The molecule has 0 aliphatic heterocycles. The molecule has 7 N–H and O–H groups in total. The Hall–Kier alpha value is -1.72. The number of amides is 2. The summed E-state index contributed by atoms with van der Waals surface area (Å²) < 4.78 is 0.